The van der Waals surface area contributed by atoms with Crippen molar-refractivity contribution in [1.82, 2.24) is 0 Å². The Morgan fingerprint density at radius 3 is 2.23 bits per heavy atom. The van der Waals surface area contributed by atoms with Crippen molar-refractivity contribution in [2.75, 3.05) is 12.4 Å². The van der Waals surface area contributed by atoms with Gasteiger partial charge in [0, 0.05) is 5.69 Å². The van der Waals surface area contributed by atoms with Crippen LogP contribution in [0.15, 0.2) is 57.4 Å². The smallest absolute Gasteiger partial charge is 0.260 e. The molecule has 1 N–H and O–H groups in total. The van der Waals surface area contributed by atoms with Crippen LogP contribution < -0.4 is 14.8 Å². The first-order valence-corrected chi connectivity index (χ1v) is 8.76. The molecular formula is C20H18BrNO4. The largest absolute Gasteiger partial charge is 0.493 e. The first kappa shape index (κ1) is 18.1. The van der Waals surface area contributed by atoms with Crippen molar-refractivity contribution in [3.8, 4) is 17.2 Å². The number of nitrogens with one attached hydrogen (secondary N) is 1. The molecule has 26 heavy (non-hydrogen) atoms. The number of rotatable bonds is 5. The topological polar surface area (TPSA) is 60.7 Å². The van der Waals surface area contributed by atoms with Crippen LogP contribution in [0.4, 0.5) is 5.69 Å². The summed E-state index contributed by atoms with van der Waals surface area (Å²) in [5.41, 5.74) is 1.16. The van der Waals surface area contributed by atoms with Crippen LogP contribution in [-0.2, 0) is 0 Å². The lowest BCUT2D eigenvalue weighted by Crippen LogP contribution is -2.12. The maximum Gasteiger partial charge on any atom is 0.260 e. The van der Waals surface area contributed by atoms with Crippen LogP contribution in [0.1, 0.15) is 21.9 Å². The average Bonchev–Trinajstić information content (AvgIpc) is 2.89. The Bertz CT molecular complexity index is 931. The number of furan rings is 1. The number of hydrogen-bond donors (Lipinski definition) is 1. The highest BCUT2D eigenvalue weighted by molar-refractivity contribution is 9.10. The third kappa shape index (κ3) is 3.75. The van der Waals surface area contributed by atoms with Crippen LogP contribution in [0.3, 0.4) is 0 Å². The van der Waals surface area contributed by atoms with Crippen molar-refractivity contribution in [2.24, 2.45) is 0 Å². The number of methoxy groups -OCH3 is 1. The van der Waals surface area contributed by atoms with Gasteiger partial charge in [-0.2, -0.15) is 0 Å². The fourth-order valence-corrected chi connectivity index (χ4v) is 3.09. The number of hydrogen-bond acceptors (Lipinski definition) is 4. The second-order valence-electron chi connectivity index (χ2n) is 5.63. The minimum atomic E-state index is -0.232. The van der Waals surface area contributed by atoms with E-state index in [1.807, 2.05) is 24.3 Å². The fraction of sp³-hybridized carbons (Fsp3) is 0.150. The van der Waals surface area contributed by atoms with Crippen molar-refractivity contribution in [3.63, 3.8) is 0 Å². The molecule has 0 aliphatic carbocycles. The van der Waals surface area contributed by atoms with Crippen LogP contribution in [0, 0.1) is 13.8 Å². The zero-order valence-corrected chi connectivity index (χ0v) is 16.2. The van der Waals surface area contributed by atoms with E-state index in [4.69, 9.17) is 13.9 Å². The zero-order chi connectivity index (χ0) is 18.7. The van der Waals surface area contributed by atoms with E-state index in [-0.39, 0.29) is 5.91 Å². The maximum absolute atomic E-state index is 12.5. The van der Waals surface area contributed by atoms with Gasteiger partial charge in [0.15, 0.2) is 11.5 Å². The summed E-state index contributed by atoms with van der Waals surface area (Å²) in [6.07, 6.45) is 0. The molecule has 0 bridgehead atoms. The average molecular weight is 416 g/mol. The Labute approximate surface area is 160 Å². The van der Waals surface area contributed by atoms with E-state index in [1.165, 1.54) is 0 Å². The highest BCUT2D eigenvalue weighted by Crippen LogP contribution is 2.32. The molecule has 0 unspecified atom stereocenters. The maximum atomic E-state index is 12.5. The van der Waals surface area contributed by atoms with Crippen molar-refractivity contribution < 1.29 is 18.7 Å². The second-order valence-corrected chi connectivity index (χ2v) is 6.43. The number of halogens is 1. The number of carbonyl (C=O) groups is 1. The third-order valence-corrected chi connectivity index (χ3v) is 4.78. The molecule has 3 rings (SSSR count). The highest BCUT2D eigenvalue weighted by atomic mass is 79.9. The molecule has 2 aromatic carbocycles. The number of amides is 1. The lowest BCUT2D eigenvalue weighted by molar-refractivity contribution is 0.102. The van der Waals surface area contributed by atoms with E-state index in [0.29, 0.717) is 44.5 Å². The molecule has 1 aromatic heterocycles. The molecule has 0 saturated heterocycles. The summed E-state index contributed by atoms with van der Waals surface area (Å²) in [4.78, 5) is 12.5. The number of anilines is 1. The monoisotopic (exact) mass is 415 g/mol. The Morgan fingerprint density at radius 2 is 1.65 bits per heavy atom. The fourth-order valence-electron chi connectivity index (χ4n) is 2.55. The highest BCUT2D eigenvalue weighted by Gasteiger charge is 2.19. The minimum absolute atomic E-state index is 0.232. The molecular weight excluding hydrogens is 398 g/mol. The summed E-state index contributed by atoms with van der Waals surface area (Å²) in [6, 6.07) is 14.5. The molecule has 0 aliphatic heterocycles. The molecule has 0 radical (unpaired) electrons. The van der Waals surface area contributed by atoms with Crippen molar-refractivity contribution in [3.05, 3.63) is 70.1 Å². The summed E-state index contributed by atoms with van der Waals surface area (Å²) in [7, 11) is 1.60. The molecule has 0 saturated carbocycles. The van der Waals surface area contributed by atoms with E-state index in [1.54, 1.807) is 45.2 Å². The van der Waals surface area contributed by atoms with Gasteiger partial charge in [-0.15, -0.1) is 0 Å². The van der Waals surface area contributed by atoms with Gasteiger partial charge in [0.25, 0.3) is 5.91 Å². The molecule has 134 valence electrons. The summed E-state index contributed by atoms with van der Waals surface area (Å²) in [5, 5.41) is 2.86. The van der Waals surface area contributed by atoms with Crippen LogP contribution in [0.5, 0.6) is 17.2 Å². The van der Waals surface area contributed by atoms with Gasteiger partial charge in [-0.1, -0.05) is 12.1 Å². The molecule has 1 heterocycles. The predicted molar refractivity (Wildman–Crippen MR) is 103 cm³/mol. The number of benzene rings is 2. The predicted octanol–water partition coefficient (Wildman–Crippen LogP) is 5.71. The van der Waals surface area contributed by atoms with Crippen molar-refractivity contribution in [1.29, 1.82) is 0 Å². The number of carbonyl (C=O) groups excluding carboxylic acids is 1. The molecule has 3 aromatic rings. The number of ether oxygens (including phenoxy) is 2. The normalized spacial score (nSPS) is 10.5. The van der Waals surface area contributed by atoms with Crippen LogP contribution in [0.2, 0.25) is 0 Å². The zero-order valence-electron chi connectivity index (χ0n) is 14.6. The Morgan fingerprint density at radius 1 is 1.00 bits per heavy atom. The van der Waals surface area contributed by atoms with E-state index in [0.717, 1.165) is 0 Å². The standard InChI is InChI=1S/C20H18BrNO4/c1-12-18(19(21)13(2)25-12)20(23)22-14-8-10-15(11-9-14)26-17-7-5-4-6-16(17)24-3/h4-11H,1-3H3,(H,22,23). The van der Waals surface area contributed by atoms with Gasteiger partial charge in [-0.3, -0.25) is 4.79 Å². The van der Waals surface area contributed by atoms with E-state index in [9.17, 15) is 4.79 Å². The van der Waals surface area contributed by atoms with Crippen molar-refractivity contribution >= 4 is 27.5 Å². The van der Waals surface area contributed by atoms with Gasteiger partial charge in [0.2, 0.25) is 0 Å². The summed E-state index contributed by atoms with van der Waals surface area (Å²) < 4.78 is 17.2. The summed E-state index contributed by atoms with van der Waals surface area (Å²) >= 11 is 3.39. The molecule has 6 heteroatoms. The molecule has 0 atom stereocenters. The van der Waals surface area contributed by atoms with Gasteiger partial charge < -0.3 is 19.2 Å². The summed E-state index contributed by atoms with van der Waals surface area (Å²) in [6.45, 7) is 3.56. The molecule has 0 spiro atoms. The lowest BCUT2D eigenvalue weighted by atomic mass is 10.2. The van der Waals surface area contributed by atoms with Gasteiger partial charge in [0.1, 0.15) is 17.3 Å². The van der Waals surface area contributed by atoms with Gasteiger partial charge in [0.05, 0.1) is 17.1 Å². The Balaban J connectivity index is 1.72. The Kier molecular flexibility index (Phi) is 5.32. The van der Waals surface area contributed by atoms with Crippen LogP contribution in [0.25, 0.3) is 0 Å². The van der Waals surface area contributed by atoms with E-state index in [2.05, 4.69) is 21.2 Å². The lowest BCUT2D eigenvalue weighted by Gasteiger charge is -2.11. The summed E-state index contributed by atoms with van der Waals surface area (Å²) in [5.74, 6) is 2.94. The molecule has 0 aliphatic rings. The molecule has 0 fully saturated rings. The van der Waals surface area contributed by atoms with Crippen LogP contribution >= 0.6 is 15.9 Å². The Hall–Kier alpha value is -2.73. The van der Waals surface area contributed by atoms with E-state index >= 15 is 0 Å². The SMILES string of the molecule is COc1ccccc1Oc1ccc(NC(=O)c2c(C)oc(C)c2Br)cc1. The second kappa shape index (κ2) is 7.66. The van der Waals surface area contributed by atoms with Crippen LogP contribution in [-0.4, -0.2) is 13.0 Å². The third-order valence-electron chi connectivity index (χ3n) is 3.82. The molecule has 1 amide bonds. The van der Waals surface area contributed by atoms with E-state index < -0.39 is 0 Å². The van der Waals surface area contributed by atoms with Gasteiger partial charge in [-0.25, -0.2) is 0 Å². The minimum Gasteiger partial charge on any atom is -0.493 e. The first-order chi connectivity index (χ1) is 12.5. The molecule has 5 nitrogen and oxygen atoms in total. The van der Waals surface area contributed by atoms with Gasteiger partial charge in [-0.05, 0) is 66.2 Å². The van der Waals surface area contributed by atoms with Gasteiger partial charge >= 0.3 is 0 Å². The van der Waals surface area contributed by atoms with Crippen molar-refractivity contribution in [2.45, 2.75) is 13.8 Å². The number of aryl methyl sites for hydroxylation is 2. The first-order valence-electron chi connectivity index (χ1n) is 7.97. The quantitative estimate of drug-likeness (QED) is 0.579. The number of para-hydroxylation sites is 2.